The van der Waals surface area contributed by atoms with Gasteiger partial charge in [0.1, 0.15) is 0 Å². The van der Waals surface area contributed by atoms with Crippen LogP contribution < -0.4 is 54.5 Å². The fraction of sp³-hybridized carbons (Fsp3) is 0.400. The van der Waals surface area contributed by atoms with Gasteiger partial charge in [0.05, 0.1) is 30.0 Å². The third-order valence-corrected chi connectivity index (χ3v) is 2.70. The van der Waals surface area contributed by atoms with Crippen LogP contribution in [0.25, 0.3) is 4.98 Å². The van der Waals surface area contributed by atoms with E-state index in [0.29, 0.717) is 10.7 Å². The first-order chi connectivity index (χ1) is 7.31. The molecule has 0 aromatic heterocycles. The van der Waals surface area contributed by atoms with Gasteiger partial charge in [0.15, 0.2) is 4.98 Å². The summed E-state index contributed by atoms with van der Waals surface area (Å²) >= 11 is 6.09. The molecule has 110 valence electrons. The second kappa shape index (κ2) is 14.4. The van der Waals surface area contributed by atoms with E-state index in [4.69, 9.17) is 21.7 Å². The standard InChI is InChI=1S/C10H11ClN3O.4ClH.Zn/c11-9-7-8(13-12)1-2-10(9)14-3-5-15-6-4-14;;;;;/h1-2,7H,3-6H2;4*1H;/q+1;;;;;+2/p-4. The first-order valence-corrected chi connectivity index (χ1v) is 5.16. The van der Waals surface area contributed by atoms with Crippen LogP contribution in [-0.4, -0.2) is 26.3 Å². The van der Waals surface area contributed by atoms with E-state index in [1.54, 1.807) is 12.1 Å². The number of diazo groups is 1. The van der Waals surface area contributed by atoms with Gasteiger partial charge in [-0.2, -0.15) is 0 Å². The minimum absolute atomic E-state index is 0. The quantitative estimate of drug-likeness (QED) is 0.328. The fourth-order valence-corrected chi connectivity index (χ4v) is 1.91. The molecule has 1 fully saturated rings. The molecular formula is C10H11Cl5N3OZn-. The summed E-state index contributed by atoms with van der Waals surface area (Å²) in [6, 6.07) is 5.24. The Morgan fingerprint density at radius 1 is 1.10 bits per heavy atom. The molecule has 0 atom stereocenters. The maximum Gasteiger partial charge on any atom is 2.00 e. The van der Waals surface area contributed by atoms with Gasteiger partial charge >= 0.3 is 25.2 Å². The summed E-state index contributed by atoms with van der Waals surface area (Å²) in [6.45, 7) is 3.13. The summed E-state index contributed by atoms with van der Waals surface area (Å²) in [5.41, 5.74) is 1.43. The van der Waals surface area contributed by atoms with E-state index in [9.17, 15) is 0 Å². The van der Waals surface area contributed by atoms with E-state index < -0.39 is 0 Å². The molecule has 0 aliphatic carbocycles. The van der Waals surface area contributed by atoms with Crippen molar-refractivity contribution in [1.29, 1.82) is 5.39 Å². The topological polar surface area (TPSA) is 40.6 Å². The largest absolute Gasteiger partial charge is 2.00 e. The summed E-state index contributed by atoms with van der Waals surface area (Å²) < 4.78 is 5.26. The molecule has 20 heavy (non-hydrogen) atoms. The van der Waals surface area contributed by atoms with Crippen molar-refractivity contribution in [3.8, 4) is 0 Å². The zero-order valence-electron chi connectivity index (χ0n) is 10.4. The number of rotatable bonds is 1. The molecule has 4 nitrogen and oxygen atoms in total. The molecule has 0 amide bonds. The van der Waals surface area contributed by atoms with Crippen LogP contribution in [-0.2, 0) is 24.2 Å². The number of ether oxygens (including phenoxy) is 1. The SMILES string of the molecule is N#[N+]c1ccc(N2CCOCC2)c(Cl)c1.[Cl-].[Cl-].[Cl-].[Cl-].[Zn+2]. The first-order valence-electron chi connectivity index (χ1n) is 4.78. The van der Waals surface area contributed by atoms with Gasteiger partial charge in [-0.25, -0.2) is 0 Å². The summed E-state index contributed by atoms with van der Waals surface area (Å²) in [7, 11) is 0. The zero-order valence-corrected chi connectivity index (χ0v) is 17.2. The minimum Gasteiger partial charge on any atom is -1.00 e. The van der Waals surface area contributed by atoms with Gasteiger partial charge in [0.2, 0.25) is 5.39 Å². The van der Waals surface area contributed by atoms with Crippen molar-refractivity contribution >= 4 is 23.0 Å². The maximum atomic E-state index is 8.60. The van der Waals surface area contributed by atoms with Crippen LogP contribution in [0.2, 0.25) is 5.02 Å². The molecule has 1 heterocycles. The summed E-state index contributed by atoms with van der Waals surface area (Å²) in [5.74, 6) is 0. The third kappa shape index (κ3) is 7.47. The van der Waals surface area contributed by atoms with Crippen LogP contribution in [0.5, 0.6) is 0 Å². The molecule has 0 saturated carbocycles. The number of halogens is 5. The van der Waals surface area contributed by atoms with Gasteiger partial charge in [-0.05, 0) is 6.07 Å². The van der Waals surface area contributed by atoms with Gasteiger partial charge < -0.3 is 59.3 Å². The van der Waals surface area contributed by atoms with Gasteiger partial charge in [-0.1, -0.05) is 11.6 Å². The summed E-state index contributed by atoms with van der Waals surface area (Å²) in [4.78, 5) is 5.25. The second-order valence-electron chi connectivity index (χ2n) is 3.34. The number of anilines is 1. The molecule has 1 aliphatic heterocycles. The molecule has 0 N–H and O–H groups in total. The molecule has 0 bridgehead atoms. The summed E-state index contributed by atoms with van der Waals surface area (Å²) in [6.07, 6.45) is 0. The normalized spacial score (nSPS) is 12.1. The van der Waals surface area contributed by atoms with Crippen molar-refractivity contribution in [3.63, 3.8) is 0 Å². The van der Waals surface area contributed by atoms with E-state index >= 15 is 0 Å². The van der Waals surface area contributed by atoms with Gasteiger partial charge in [-0.15, -0.1) is 0 Å². The molecule has 0 unspecified atom stereocenters. The van der Waals surface area contributed by atoms with Crippen LogP contribution in [0, 0.1) is 5.39 Å². The van der Waals surface area contributed by atoms with Crippen molar-refractivity contribution in [2.75, 3.05) is 31.2 Å². The average molecular weight is 432 g/mol. The first kappa shape index (κ1) is 28.6. The van der Waals surface area contributed by atoms with Gasteiger partial charge in [0.25, 0.3) is 0 Å². The van der Waals surface area contributed by atoms with Crippen molar-refractivity contribution in [3.05, 3.63) is 28.2 Å². The Morgan fingerprint density at radius 2 is 1.65 bits per heavy atom. The third-order valence-electron chi connectivity index (χ3n) is 2.40. The Bertz CT molecular complexity index is 412. The van der Waals surface area contributed by atoms with E-state index in [0.717, 1.165) is 32.0 Å². The van der Waals surface area contributed by atoms with E-state index in [1.807, 2.05) is 6.07 Å². The van der Waals surface area contributed by atoms with E-state index in [2.05, 4.69) is 9.88 Å². The number of hydrogen-bond acceptors (Lipinski definition) is 3. The number of hydrogen-bond donors (Lipinski definition) is 0. The van der Waals surface area contributed by atoms with Crippen LogP contribution in [0.1, 0.15) is 0 Å². The minimum atomic E-state index is 0. The Labute approximate surface area is 161 Å². The number of nitrogens with zero attached hydrogens (tertiary/aromatic N) is 3. The molecule has 1 saturated heterocycles. The van der Waals surface area contributed by atoms with Crippen molar-refractivity contribution < 1.29 is 73.8 Å². The second-order valence-corrected chi connectivity index (χ2v) is 3.74. The fourth-order valence-electron chi connectivity index (χ4n) is 1.62. The maximum absolute atomic E-state index is 8.60. The van der Waals surface area contributed by atoms with Crippen LogP contribution in [0.3, 0.4) is 0 Å². The smallest absolute Gasteiger partial charge is 1.00 e. The predicted octanol–water partition coefficient (Wildman–Crippen LogP) is -9.33. The van der Waals surface area contributed by atoms with Gasteiger partial charge in [0, 0.05) is 19.2 Å². The zero-order chi connectivity index (χ0) is 10.7. The molecule has 1 aromatic carbocycles. The van der Waals surface area contributed by atoms with Crippen LogP contribution in [0.15, 0.2) is 18.2 Å². The van der Waals surface area contributed by atoms with Gasteiger partial charge in [-0.3, -0.25) is 0 Å². The molecule has 1 aromatic rings. The molecule has 1 aliphatic rings. The Hall–Kier alpha value is 0.473. The summed E-state index contributed by atoms with van der Waals surface area (Å²) in [5, 5.41) is 9.20. The van der Waals surface area contributed by atoms with Crippen LogP contribution >= 0.6 is 11.6 Å². The van der Waals surface area contributed by atoms with Crippen LogP contribution in [0.4, 0.5) is 11.4 Å². The van der Waals surface area contributed by atoms with Crippen molar-refractivity contribution in [1.82, 2.24) is 0 Å². The predicted molar refractivity (Wildman–Crippen MR) is 59.2 cm³/mol. The number of morpholine rings is 1. The van der Waals surface area contributed by atoms with E-state index in [-0.39, 0.29) is 69.1 Å². The Balaban J connectivity index is -0.000000256. The Morgan fingerprint density at radius 3 is 2.10 bits per heavy atom. The molecular weight excluding hydrogens is 421 g/mol. The van der Waals surface area contributed by atoms with Crippen molar-refractivity contribution in [2.24, 2.45) is 0 Å². The molecule has 2 rings (SSSR count). The van der Waals surface area contributed by atoms with E-state index in [1.165, 1.54) is 0 Å². The Kier molecular flexibility index (Phi) is 20.6. The molecule has 0 spiro atoms. The number of benzene rings is 1. The van der Waals surface area contributed by atoms with Crippen molar-refractivity contribution in [2.45, 2.75) is 0 Å². The molecule has 10 heteroatoms. The average Bonchev–Trinajstić information content (AvgIpc) is 2.30. The molecule has 0 radical (unpaired) electrons. The monoisotopic (exact) mass is 428 g/mol.